The summed E-state index contributed by atoms with van der Waals surface area (Å²) in [5.41, 5.74) is 0.677. The third-order valence-corrected chi connectivity index (χ3v) is 5.00. The number of guanidine groups is 1. The second-order valence-electron chi connectivity index (χ2n) is 6.12. The fraction of sp³-hybridized carbons (Fsp3) is 0.588. The Labute approximate surface area is 178 Å². The molecule has 0 radical (unpaired) electrons. The quantitative estimate of drug-likeness (QED) is 0.190. The van der Waals surface area contributed by atoms with Crippen LogP contribution in [0.4, 0.5) is 17.6 Å². The van der Waals surface area contributed by atoms with Gasteiger partial charge in [0.1, 0.15) is 5.82 Å². The van der Waals surface area contributed by atoms with Crippen LogP contribution >= 0.6 is 35.7 Å². The molecule has 27 heavy (non-hydrogen) atoms. The van der Waals surface area contributed by atoms with E-state index in [0.717, 1.165) is 5.75 Å². The Bertz CT molecular complexity index is 601. The largest absolute Gasteiger partial charge is 0.401 e. The summed E-state index contributed by atoms with van der Waals surface area (Å²) in [6.07, 6.45) is -3.51. The number of alkyl halides is 3. The predicted octanol–water partition coefficient (Wildman–Crippen LogP) is 3.48. The molecule has 1 aliphatic heterocycles. The first-order chi connectivity index (χ1) is 12.4. The SMILES string of the molecule is CN=C(NCCSCc1ccccc1F)NC1CCN(CC(F)(F)F)C1.I. The van der Waals surface area contributed by atoms with Gasteiger partial charge in [-0.2, -0.15) is 24.9 Å². The van der Waals surface area contributed by atoms with Crippen molar-refractivity contribution < 1.29 is 17.6 Å². The van der Waals surface area contributed by atoms with Gasteiger partial charge >= 0.3 is 6.18 Å². The van der Waals surface area contributed by atoms with Crippen molar-refractivity contribution in [2.75, 3.05) is 39.0 Å². The third kappa shape index (κ3) is 9.33. The van der Waals surface area contributed by atoms with Crippen LogP contribution < -0.4 is 10.6 Å². The van der Waals surface area contributed by atoms with Gasteiger partial charge in [0.15, 0.2) is 5.96 Å². The molecule has 10 heteroatoms. The number of nitrogens with zero attached hydrogens (tertiary/aromatic N) is 2. The summed E-state index contributed by atoms with van der Waals surface area (Å²) in [6.45, 7) is 0.538. The van der Waals surface area contributed by atoms with Gasteiger partial charge in [-0.1, -0.05) is 18.2 Å². The van der Waals surface area contributed by atoms with Crippen molar-refractivity contribution in [1.29, 1.82) is 0 Å². The second-order valence-corrected chi connectivity index (χ2v) is 7.23. The minimum atomic E-state index is -4.16. The molecule has 154 valence electrons. The van der Waals surface area contributed by atoms with Gasteiger partial charge in [-0.25, -0.2) is 4.39 Å². The zero-order valence-electron chi connectivity index (χ0n) is 15.1. The first-order valence-electron chi connectivity index (χ1n) is 8.45. The van der Waals surface area contributed by atoms with Crippen molar-refractivity contribution in [1.82, 2.24) is 15.5 Å². The molecule has 0 saturated carbocycles. The maximum absolute atomic E-state index is 13.5. The van der Waals surface area contributed by atoms with E-state index in [1.165, 1.54) is 11.0 Å². The number of likely N-dealkylation sites (tertiary alicyclic amines) is 1. The molecule has 0 aliphatic carbocycles. The van der Waals surface area contributed by atoms with Crippen LogP contribution in [0.1, 0.15) is 12.0 Å². The molecular weight excluding hydrogens is 495 g/mol. The zero-order chi connectivity index (χ0) is 19.0. The zero-order valence-corrected chi connectivity index (χ0v) is 18.2. The number of aliphatic imine (C=N–C) groups is 1. The lowest BCUT2D eigenvalue weighted by Crippen LogP contribution is -2.45. The molecular formula is C17H25F4IN4S. The monoisotopic (exact) mass is 520 g/mol. The first-order valence-corrected chi connectivity index (χ1v) is 9.60. The second kappa shape index (κ2) is 11.9. The van der Waals surface area contributed by atoms with Crippen LogP contribution in [0.15, 0.2) is 29.3 Å². The van der Waals surface area contributed by atoms with Crippen molar-refractivity contribution in [2.45, 2.75) is 24.4 Å². The molecule has 2 N–H and O–H groups in total. The molecule has 1 atom stereocenters. The molecule has 1 aromatic rings. The molecule has 1 heterocycles. The van der Waals surface area contributed by atoms with E-state index in [4.69, 9.17) is 0 Å². The molecule has 4 nitrogen and oxygen atoms in total. The lowest BCUT2D eigenvalue weighted by atomic mass is 10.2. The van der Waals surface area contributed by atoms with Gasteiger partial charge in [-0.05, 0) is 18.1 Å². The van der Waals surface area contributed by atoms with Crippen LogP contribution in [0.2, 0.25) is 0 Å². The van der Waals surface area contributed by atoms with Crippen LogP contribution in [-0.2, 0) is 5.75 Å². The normalized spacial score (nSPS) is 18.3. The third-order valence-electron chi connectivity index (χ3n) is 3.99. The summed E-state index contributed by atoms with van der Waals surface area (Å²) in [6, 6.07) is 6.65. The minimum absolute atomic E-state index is 0. The Kier molecular flexibility index (Phi) is 10.7. The minimum Gasteiger partial charge on any atom is -0.356 e. The molecule has 0 aromatic heterocycles. The molecule has 0 spiro atoms. The van der Waals surface area contributed by atoms with Crippen molar-refractivity contribution in [3.05, 3.63) is 35.6 Å². The van der Waals surface area contributed by atoms with E-state index >= 15 is 0 Å². The van der Waals surface area contributed by atoms with Crippen molar-refractivity contribution in [2.24, 2.45) is 4.99 Å². The van der Waals surface area contributed by atoms with Gasteiger partial charge < -0.3 is 10.6 Å². The Morgan fingerprint density at radius 3 is 2.74 bits per heavy atom. The Balaban J connectivity index is 0.00000364. The number of benzene rings is 1. The predicted molar refractivity (Wildman–Crippen MR) is 113 cm³/mol. The molecule has 1 fully saturated rings. The highest BCUT2D eigenvalue weighted by atomic mass is 127. The summed E-state index contributed by atoms with van der Waals surface area (Å²) in [4.78, 5) is 5.50. The number of rotatable bonds is 7. The standard InChI is InChI=1S/C17H24F4N4S.HI/c1-22-16(24-14-6-8-25(10-14)12-17(19,20)21)23-7-9-26-11-13-4-2-3-5-15(13)18;/h2-5,14H,6-12H2,1H3,(H2,22,23,24);1H. The molecule has 1 saturated heterocycles. The number of hydrogen-bond acceptors (Lipinski definition) is 3. The molecule has 0 bridgehead atoms. The summed E-state index contributed by atoms with van der Waals surface area (Å²) >= 11 is 1.60. The molecule has 1 aliphatic rings. The van der Waals surface area contributed by atoms with Crippen LogP contribution in [0.25, 0.3) is 0 Å². The van der Waals surface area contributed by atoms with E-state index in [-0.39, 0.29) is 35.8 Å². The summed E-state index contributed by atoms with van der Waals surface area (Å²) in [5, 5.41) is 6.30. The first kappa shape index (κ1) is 24.3. The number of halogens is 5. The summed E-state index contributed by atoms with van der Waals surface area (Å²) < 4.78 is 50.8. The van der Waals surface area contributed by atoms with E-state index in [0.29, 0.717) is 43.3 Å². The molecule has 1 aromatic carbocycles. The fourth-order valence-corrected chi connectivity index (χ4v) is 3.62. The summed E-state index contributed by atoms with van der Waals surface area (Å²) in [5.74, 6) is 1.74. The van der Waals surface area contributed by atoms with Gasteiger partial charge in [-0.3, -0.25) is 9.89 Å². The van der Waals surface area contributed by atoms with E-state index in [1.54, 1.807) is 30.9 Å². The van der Waals surface area contributed by atoms with Crippen LogP contribution in [0.3, 0.4) is 0 Å². The highest BCUT2D eigenvalue weighted by Gasteiger charge is 2.34. The van der Waals surface area contributed by atoms with Gasteiger partial charge in [0.2, 0.25) is 0 Å². The Morgan fingerprint density at radius 2 is 2.07 bits per heavy atom. The van der Waals surface area contributed by atoms with Gasteiger partial charge in [0.05, 0.1) is 6.54 Å². The lowest BCUT2D eigenvalue weighted by Gasteiger charge is -2.19. The maximum Gasteiger partial charge on any atom is 0.401 e. The number of nitrogens with one attached hydrogen (secondary N) is 2. The number of thioether (sulfide) groups is 1. The van der Waals surface area contributed by atoms with Crippen LogP contribution in [0, 0.1) is 5.82 Å². The smallest absolute Gasteiger partial charge is 0.356 e. The average Bonchev–Trinajstić information content (AvgIpc) is 3.00. The average molecular weight is 520 g/mol. The topological polar surface area (TPSA) is 39.7 Å². The van der Waals surface area contributed by atoms with Gasteiger partial charge in [0, 0.05) is 44.2 Å². The van der Waals surface area contributed by atoms with Crippen molar-refractivity contribution in [3.63, 3.8) is 0 Å². The highest BCUT2D eigenvalue weighted by Crippen LogP contribution is 2.20. The molecule has 1 unspecified atom stereocenters. The summed E-state index contributed by atoms with van der Waals surface area (Å²) in [7, 11) is 1.63. The van der Waals surface area contributed by atoms with Gasteiger partial charge in [0.25, 0.3) is 0 Å². The molecule has 2 rings (SSSR count). The van der Waals surface area contributed by atoms with Crippen LogP contribution in [-0.4, -0.2) is 62.1 Å². The highest BCUT2D eigenvalue weighted by molar-refractivity contribution is 14.0. The van der Waals surface area contributed by atoms with E-state index in [9.17, 15) is 17.6 Å². The van der Waals surface area contributed by atoms with Crippen LogP contribution in [0.5, 0.6) is 0 Å². The van der Waals surface area contributed by atoms with Crippen molar-refractivity contribution >= 4 is 41.7 Å². The fourth-order valence-electron chi connectivity index (χ4n) is 2.77. The lowest BCUT2D eigenvalue weighted by molar-refractivity contribution is -0.143. The van der Waals surface area contributed by atoms with E-state index < -0.39 is 12.7 Å². The maximum atomic E-state index is 13.5. The van der Waals surface area contributed by atoms with Gasteiger partial charge in [-0.15, -0.1) is 24.0 Å². The van der Waals surface area contributed by atoms with E-state index in [2.05, 4.69) is 15.6 Å². The Hall–Kier alpha value is -0.750. The molecule has 0 amide bonds. The van der Waals surface area contributed by atoms with E-state index in [1.807, 2.05) is 6.07 Å². The van der Waals surface area contributed by atoms with Crippen molar-refractivity contribution in [3.8, 4) is 0 Å². The number of hydrogen-bond donors (Lipinski definition) is 2. The Morgan fingerprint density at radius 1 is 1.33 bits per heavy atom.